The first-order valence-corrected chi connectivity index (χ1v) is 9.13. The predicted molar refractivity (Wildman–Crippen MR) is 99.4 cm³/mol. The molecule has 1 saturated heterocycles. The fourth-order valence-corrected chi connectivity index (χ4v) is 3.29. The minimum Gasteiger partial charge on any atom is -0.356 e. The number of anilines is 1. The van der Waals surface area contributed by atoms with Gasteiger partial charge < -0.3 is 10.2 Å². The third-order valence-corrected chi connectivity index (χ3v) is 4.87. The maximum Gasteiger partial charge on any atom is 0.220 e. The maximum absolute atomic E-state index is 13.6. The van der Waals surface area contributed by atoms with E-state index in [1.807, 2.05) is 0 Å². The molecule has 1 aliphatic rings. The summed E-state index contributed by atoms with van der Waals surface area (Å²) in [6.07, 6.45) is 5.62. The molecule has 6 nitrogen and oxygen atoms in total. The number of amides is 1. The van der Waals surface area contributed by atoms with E-state index in [0.29, 0.717) is 36.0 Å². The lowest BCUT2D eigenvalue weighted by Crippen LogP contribution is -2.39. The standard InChI is InChI=1S/C20H22FN5O/c21-17-4-2-1-3-16(17)5-6-19(27)25-14-15-7-11-26(12-8-15)20-18(13-22)23-9-10-24-20/h1-4,9-10,15H,5-8,11-12,14H2,(H,25,27). The van der Waals surface area contributed by atoms with E-state index in [4.69, 9.17) is 5.26 Å². The van der Waals surface area contributed by atoms with Crippen molar-refractivity contribution >= 4 is 11.7 Å². The molecule has 0 spiro atoms. The summed E-state index contributed by atoms with van der Waals surface area (Å²) in [5.74, 6) is 0.702. The lowest BCUT2D eigenvalue weighted by atomic mass is 9.96. The van der Waals surface area contributed by atoms with E-state index in [9.17, 15) is 9.18 Å². The second-order valence-electron chi connectivity index (χ2n) is 6.67. The molecule has 0 bridgehead atoms. The number of benzene rings is 1. The fraction of sp³-hybridized carbons (Fsp3) is 0.400. The molecule has 0 saturated carbocycles. The Morgan fingerprint density at radius 1 is 1.26 bits per heavy atom. The Bertz CT molecular complexity index is 827. The molecule has 7 heteroatoms. The van der Waals surface area contributed by atoms with Gasteiger partial charge >= 0.3 is 0 Å². The number of carbonyl (C=O) groups excluding carboxylic acids is 1. The molecule has 1 amide bonds. The van der Waals surface area contributed by atoms with Gasteiger partial charge in [0.25, 0.3) is 0 Å². The summed E-state index contributed by atoms with van der Waals surface area (Å²) >= 11 is 0. The summed E-state index contributed by atoms with van der Waals surface area (Å²) in [5, 5.41) is 12.1. The van der Waals surface area contributed by atoms with Crippen molar-refractivity contribution in [1.82, 2.24) is 15.3 Å². The van der Waals surface area contributed by atoms with Crippen LogP contribution in [0.1, 0.15) is 30.5 Å². The Morgan fingerprint density at radius 3 is 2.74 bits per heavy atom. The van der Waals surface area contributed by atoms with Crippen LogP contribution >= 0.6 is 0 Å². The quantitative estimate of drug-likeness (QED) is 0.848. The SMILES string of the molecule is N#Cc1nccnc1N1CCC(CNC(=O)CCc2ccccc2F)CC1. The molecule has 1 aromatic heterocycles. The van der Waals surface area contributed by atoms with Crippen LogP contribution in [0.3, 0.4) is 0 Å². The zero-order valence-corrected chi connectivity index (χ0v) is 15.1. The van der Waals surface area contributed by atoms with Crippen molar-refractivity contribution in [2.45, 2.75) is 25.7 Å². The van der Waals surface area contributed by atoms with Crippen LogP contribution in [0.25, 0.3) is 0 Å². The molecule has 1 aliphatic heterocycles. The number of nitrogens with one attached hydrogen (secondary N) is 1. The van der Waals surface area contributed by atoms with E-state index < -0.39 is 0 Å². The number of piperidine rings is 1. The Balaban J connectivity index is 1.41. The maximum atomic E-state index is 13.6. The molecular weight excluding hydrogens is 345 g/mol. The van der Waals surface area contributed by atoms with Crippen LogP contribution < -0.4 is 10.2 Å². The first kappa shape index (κ1) is 18.8. The summed E-state index contributed by atoms with van der Waals surface area (Å²) in [6, 6.07) is 8.62. The third-order valence-electron chi connectivity index (χ3n) is 4.87. The van der Waals surface area contributed by atoms with E-state index in [1.54, 1.807) is 24.4 Å². The highest BCUT2D eigenvalue weighted by atomic mass is 19.1. The molecular formula is C20H22FN5O. The van der Waals surface area contributed by atoms with Crippen LogP contribution in [0.2, 0.25) is 0 Å². The van der Waals surface area contributed by atoms with Crippen LogP contribution in [0.5, 0.6) is 0 Å². The number of carbonyl (C=O) groups is 1. The second kappa shape index (κ2) is 9.08. The summed E-state index contributed by atoms with van der Waals surface area (Å²) in [5.41, 5.74) is 0.913. The monoisotopic (exact) mass is 367 g/mol. The molecule has 0 aliphatic carbocycles. The van der Waals surface area contributed by atoms with Gasteiger partial charge in [-0.05, 0) is 36.8 Å². The van der Waals surface area contributed by atoms with E-state index >= 15 is 0 Å². The summed E-state index contributed by atoms with van der Waals surface area (Å²) < 4.78 is 13.6. The van der Waals surface area contributed by atoms with E-state index in [1.165, 1.54) is 12.3 Å². The first-order chi connectivity index (χ1) is 13.2. The molecule has 0 atom stereocenters. The van der Waals surface area contributed by atoms with E-state index in [0.717, 1.165) is 25.9 Å². The number of halogens is 1. The first-order valence-electron chi connectivity index (χ1n) is 9.13. The Labute approximate surface area is 158 Å². The lowest BCUT2D eigenvalue weighted by Gasteiger charge is -2.32. The van der Waals surface area contributed by atoms with Gasteiger partial charge in [0.15, 0.2) is 11.5 Å². The fourth-order valence-electron chi connectivity index (χ4n) is 3.29. The molecule has 140 valence electrons. The normalized spacial score (nSPS) is 14.6. The number of nitriles is 1. The molecule has 27 heavy (non-hydrogen) atoms. The van der Waals surface area contributed by atoms with Gasteiger partial charge in [-0.3, -0.25) is 4.79 Å². The van der Waals surface area contributed by atoms with Crippen molar-refractivity contribution < 1.29 is 9.18 Å². The summed E-state index contributed by atoms with van der Waals surface area (Å²) in [6.45, 7) is 2.18. The molecule has 1 aromatic carbocycles. The molecule has 2 aromatic rings. The van der Waals surface area contributed by atoms with Crippen LogP contribution in [-0.2, 0) is 11.2 Å². The number of rotatable bonds is 6. The molecule has 0 unspecified atom stereocenters. The van der Waals surface area contributed by atoms with Crippen LogP contribution in [-0.4, -0.2) is 35.5 Å². The predicted octanol–water partition coefficient (Wildman–Crippen LogP) is 2.45. The van der Waals surface area contributed by atoms with Gasteiger partial charge in [0, 0.05) is 38.4 Å². The molecule has 2 heterocycles. The molecule has 0 radical (unpaired) electrons. The summed E-state index contributed by atoms with van der Waals surface area (Å²) in [4.78, 5) is 22.4. The number of hydrogen-bond acceptors (Lipinski definition) is 5. The van der Waals surface area contributed by atoms with Crippen LogP contribution in [0, 0.1) is 23.1 Å². The highest BCUT2D eigenvalue weighted by molar-refractivity contribution is 5.76. The van der Waals surface area contributed by atoms with Gasteiger partial charge in [0.05, 0.1) is 0 Å². The lowest BCUT2D eigenvalue weighted by molar-refractivity contribution is -0.121. The van der Waals surface area contributed by atoms with Gasteiger partial charge in [-0.1, -0.05) is 18.2 Å². The highest BCUT2D eigenvalue weighted by Gasteiger charge is 2.22. The van der Waals surface area contributed by atoms with Gasteiger partial charge in [-0.25, -0.2) is 14.4 Å². The van der Waals surface area contributed by atoms with Gasteiger partial charge in [0.1, 0.15) is 11.9 Å². The highest BCUT2D eigenvalue weighted by Crippen LogP contribution is 2.22. The van der Waals surface area contributed by atoms with Crippen molar-refractivity contribution in [3.63, 3.8) is 0 Å². The minimum absolute atomic E-state index is 0.0543. The number of aromatic nitrogens is 2. The minimum atomic E-state index is -0.265. The van der Waals surface area contributed by atoms with Crippen LogP contribution in [0.15, 0.2) is 36.7 Å². The van der Waals surface area contributed by atoms with E-state index in [-0.39, 0.29) is 18.1 Å². The van der Waals surface area contributed by atoms with Crippen molar-refractivity contribution in [2.75, 3.05) is 24.5 Å². The number of aryl methyl sites for hydroxylation is 1. The van der Waals surface area contributed by atoms with Crippen LogP contribution in [0.4, 0.5) is 10.2 Å². The van der Waals surface area contributed by atoms with Crippen molar-refractivity contribution in [3.8, 4) is 6.07 Å². The number of hydrogen-bond donors (Lipinski definition) is 1. The molecule has 1 N–H and O–H groups in total. The zero-order chi connectivity index (χ0) is 19.1. The summed E-state index contributed by atoms with van der Waals surface area (Å²) in [7, 11) is 0. The van der Waals surface area contributed by atoms with Crippen molar-refractivity contribution in [3.05, 3.63) is 53.7 Å². The average Bonchev–Trinajstić information content (AvgIpc) is 2.72. The second-order valence-corrected chi connectivity index (χ2v) is 6.67. The third kappa shape index (κ3) is 5.00. The average molecular weight is 367 g/mol. The molecule has 1 fully saturated rings. The Kier molecular flexibility index (Phi) is 6.31. The topological polar surface area (TPSA) is 81.9 Å². The number of nitrogens with zero attached hydrogens (tertiary/aromatic N) is 4. The Morgan fingerprint density at radius 2 is 2.00 bits per heavy atom. The van der Waals surface area contributed by atoms with Crippen molar-refractivity contribution in [2.24, 2.45) is 5.92 Å². The van der Waals surface area contributed by atoms with E-state index in [2.05, 4.69) is 26.3 Å². The van der Waals surface area contributed by atoms with Crippen molar-refractivity contribution in [1.29, 1.82) is 5.26 Å². The molecule has 3 rings (SSSR count). The largest absolute Gasteiger partial charge is 0.356 e. The van der Waals surface area contributed by atoms with Gasteiger partial charge in [-0.2, -0.15) is 5.26 Å². The smallest absolute Gasteiger partial charge is 0.220 e. The van der Waals surface area contributed by atoms with Gasteiger partial charge in [0.2, 0.25) is 5.91 Å². The Hall–Kier alpha value is -3.01. The van der Waals surface area contributed by atoms with Gasteiger partial charge in [-0.15, -0.1) is 0 Å². The zero-order valence-electron chi connectivity index (χ0n) is 15.1.